The summed E-state index contributed by atoms with van der Waals surface area (Å²) in [6.45, 7) is 0. The predicted molar refractivity (Wildman–Crippen MR) is 74.9 cm³/mol. The number of nitrogens with zero attached hydrogens (tertiary/aromatic N) is 1. The van der Waals surface area contributed by atoms with Gasteiger partial charge in [-0.25, -0.2) is 4.98 Å². The normalized spacial score (nSPS) is 10.5. The van der Waals surface area contributed by atoms with Gasteiger partial charge < -0.3 is 16.0 Å². The van der Waals surface area contributed by atoms with Gasteiger partial charge in [-0.15, -0.1) is 0 Å². The van der Waals surface area contributed by atoms with Gasteiger partial charge in [0, 0.05) is 11.4 Å². The molecule has 19 heavy (non-hydrogen) atoms. The number of para-hydroxylation sites is 1. The fraction of sp³-hybridized carbons (Fsp3) is 0. The second kappa shape index (κ2) is 4.45. The molecule has 3 aromatic rings. The van der Waals surface area contributed by atoms with Gasteiger partial charge in [-0.1, -0.05) is 12.1 Å². The highest BCUT2D eigenvalue weighted by Gasteiger charge is 2.11. The lowest BCUT2D eigenvalue weighted by molar-refractivity contribution is 0.102. The van der Waals surface area contributed by atoms with E-state index in [0.29, 0.717) is 22.5 Å². The number of hydrogen-bond donors (Lipinski definition) is 3. The first-order valence-electron chi connectivity index (χ1n) is 5.83. The van der Waals surface area contributed by atoms with Gasteiger partial charge in [0.25, 0.3) is 5.91 Å². The minimum atomic E-state index is -0.205. The number of nitrogens with two attached hydrogens (primary N) is 1. The van der Waals surface area contributed by atoms with Crippen LogP contribution in [0.5, 0.6) is 0 Å². The van der Waals surface area contributed by atoms with Crippen LogP contribution in [0.3, 0.4) is 0 Å². The number of amides is 1. The highest BCUT2D eigenvalue weighted by Crippen LogP contribution is 2.17. The molecule has 0 atom stereocenters. The van der Waals surface area contributed by atoms with Gasteiger partial charge >= 0.3 is 0 Å². The topological polar surface area (TPSA) is 83.8 Å². The lowest BCUT2D eigenvalue weighted by Crippen LogP contribution is -2.12. The maximum absolute atomic E-state index is 12.2. The Morgan fingerprint density at radius 3 is 2.89 bits per heavy atom. The Bertz CT molecular complexity index is 748. The molecule has 0 saturated heterocycles. The molecule has 94 valence electrons. The number of hydrogen-bond acceptors (Lipinski definition) is 3. The summed E-state index contributed by atoms with van der Waals surface area (Å²) in [5.41, 5.74) is 8.97. The largest absolute Gasteiger partial charge is 0.399 e. The van der Waals surface area contributed by atoms with Crippen LogP contribution >= 0.6 is 0 Å². The molecule has 0 unspecified atom stereocenters. The second-order valence-corrected chi connectivity index (χ2v) is 4.18. The quantitative estimate of drug-likeness (QED) is 0.612. The fourth-order valence-corrected chi connectivity index (χ4v) is 1.96. The molecule has 4 N–H and O–H groups in total. The van der Waals surface area contributed by atoms with Gasteiger partial charge in [0.2, 0.25) is 0 Å². The lowest BCUT2D eigenvalue weighted by Gasteiger charge is -2.06. The van der Waals surface area contributed by atoms with Crippen LogP contribution in [0.15, 0.2) is 48.8 Å². The molecule has 5 heteroatoms. The van der Waals surface area contributed by atoms with Crippen molar-refractivity contribution in [3.63, 3.8) is 0 Å². The molecule has 1 heterocycles. The third-order valence-electron chi connectivity index (χ3n) is 2.84. The van der Waals surface area contributed by atoms with Crippen LogP contribution in [-0.2, 0) is 0 Å². The van der Waals surface area contributed by atoms with Gasteiger partial charge in [-0.3, -0.25) is 4.79 Å². The van der Waals surface area contributed by atoms with E-state index in [9.17, 15) is 4.79 Å². The number of H-pyrrole nitrogens is 1. The number of aromatic nitrogens is 2. The van der Waals surface area contributed by atoms with Gasteiger partial charge in [-0.2, -0.15) is 0 Å². The summed E-state index contributed by atoms with van der Waals surface area (Å²) in [7, 11) is 0. The molecular weight excluding hydrogens is 240 g/mol. The van der Waals surface area contributed by atoms with Crippen LogP contribution in [-0.4, -0.2) is 15.9 Å². The predicted octanol–water partition coefficient (Wildman–Crippen LogP) is 2.40. The third kappa shape index (κ3) is 2.13. The van der Waals surface area contributed by atoms with E-state index in [1.807, 2.05) is 12.1 Å². The standard InChI is InChI=1S/C14H12N4O/c15-9-3-1-4-10(7-9)18-14(19)11-5-2-6-12-13(11)17-8-16-12/h1-8H,15H2,(H,16,17)(H,18,19). The number of carbonyl (C=O) groups excluding carboxylic acids is 1. The summed E-state index contributed by atoms with van der Waals surface area (Å²) in [6, 6.07) is 12.5. The number of aromatic amines is 1. The Labute approximate surface area is 109 Å². The average molecular weight is 252 g/mol. The highest BCUT2D eigenvalue weighted by molar-refractivity contribution is 6.11. The van der Waals surface area contributed by atoms with Crippen molar-refractivity contribution in [2.24, 2.45) is 0 Å². The van der Waals surface area contributed by atoms with Crippen LogP contribution in [0.4, 0.5) is 11.4 Å². The molecule has 0 aliphatic heterocycles. The summed E-state index contributed by atoms with van der Waals surface area (Å²) in [5, 5.41) is 2.81. The summed E-state index contributed by atoms with van der Waals surface area (Å²) < 4.78 is 0. The first-order valence-corrected chi connectivity index (χ1v) is 5.83. The summed E-state index contributed by atoms with van der Waals surface area (Å²) in [4.78, 5) is 19.4. The number of rotatable bonds is 2. The lowest BCUT2D eigenvalue weighted by atomic mass is 10.1. The number of anilines is 2. The molecule has 0 bridgehead atoms. The molecule has 1 amide bonds. The van der Waals surface area contributed by atoms with E-state index in [0.717, 1.165) is 5.52 Å². The minimum absolute atomic E-state index is 0.205. The number of benzene rings is 2. The molecule has 3 rings (SSSR count). The van der Waals surface area contributed by atoms with Crippen molar-refractivity contribution in [2.45, 2.75) is 0 Å². The maximum atomic E-state index is 12.2. The zero-order chi connectivity index (χ0) is 13.2. The van der Waals surface area contributed by atoms with Gasteiger partial charge in [0.05, 0.1) is 17.4 Å². The number of nitrogens with one attached hydrogen (secondary N) is 2. The smallest absolute Gasteiger partial charge is 0.257 e. The van der Waals surface area contributed by atoms with Crippen LogP contribution in [0.25, 0.3) is 11.0 Å². The summed E-state index contributed by atoms with van der Waals surface area (Å²) >= 11 is 0. The second-order valence-electron chi connectivity index (χ2n) is 4.18. The number of fused-ring (bicyclic) bond motifs is 1. The Morgan fingerprint density at radius 1 is 1.21 bits per heavy atom. The monoisotopic (exact) mass is 252 g/mol. The molecule has 0 radical (unpaired) electrons. The van der Waals surface area contributed by atoms with Crippen molar-refractivity contribution in [3.05, 3.63) is 54.4 Å². The Kier molecular flexibility index (Phi) is 2.64. The van der Waals surface area contributed by atoms with Crippen LogP contribution in [0.1, 0.15) is 10.4 Å². The van der Waals surface area contributed by atoms with E-state index in [4.69, 9.17) is 5.73 Å². The van der Waals surface area contributed by atoms with Gasteiger partial charge in [-0.05, 0) is 30.3 Å². The van der Waals surface area contributed by atoms with Crippen LogP contribution in [0.2, 0.25) is 0 Å². The maximum Gasteiger partial charge on any atom is 0.257 e. The fourth-order valence-electron chi connectivity index (χ4n) is 1.96. The van der Waals surface area contributed by atoms with Crippen LogP contribution < -0.4 is 11.1 Å². The number of carbonyl (C=O) groups is 1. The molecule has 1 aromatic heterocycles. The molecule has 2 aromatic carbocycles. The molecular formula is C14H12N4O. The molecule has 0 saturated carbocycles. The van der Waals surface area contributed by atoms with Crippen molar-refractivity contribution in [3.8, 4) is 0 Å². The van der Waals surface area contributed by atoms with E-state index in [2.05, 4.69) is 15.3 Å². The zero-order valence-corrected chi connectivity index (χ0v) is 10.1. The third-order valence-corrected chi connectivity index (χ3v) is 2.84. The Balaban J connectivity index is 1.94. The van der Waals surface area contributed by atoms with Crippen molar-refractivity contribution < 1.29 is 4.79 Å². The van der Waals surface area contributed by atoms with Crippen molar-refractivity contribution in [1.82, 2.24) is 9.97 Å². The minimum Gasteiger partial charge on any atom is -0.399 e. The Morgan fingerprint density at radius 2 is 2.05 bits per heavy atom. The molecule has 0 fully saturated rings. The molecule has 0 aliphatic carbocycles. The molecule has 0 aliphatic rings. The molecule has 0 spiro atoms. The van der Waals surface area contributed by atoms with Crippen molar-refractivity contribution >= 4 is 28.3 Å². The summed E-state index contributed by atoms with van der Waals surface area (Å²) in [5.74, 6) is -0.205. The van der Waals surface area contributed by atoms with Crippen molar-refractivity contribution in [1.29, 1.82) is 0 Å². The van der Waals surface area contributed by atoms with E-state index < -0.39 is 0 Å². The first-order chi connectivity index (χ1) is 9.24. The Hall–Kier alpha value is -2.82. The summed E-state index contributed by atoms with van der Waals surface area (Å²) in [6.07, 6.45) is 1.57. The zero-order valence-electron chi connectivity index (χ0n) is 10.1. The SMILES string of the molecule is Nc1cccc(NC(=O)c2cccc3[nH]cnc23)c1. The average Bonchev–Trinajstić information content (AvgIpc) is 2.86. The van der Waals surface area contributed by atoms with E-state index in [-0.39, 0.29) is 5.91 Å². The van der Waals surface area contributed by atoms with E-state index in [1.54, 1.807) is 36.7 Å². The highest BCUT2D eigenvalue weighted by atomic mass is 16.1. The number of nitrogen functional groups attached to an aromatic ring is 1. The number of imidazole rings is 1. The van der Waals surface area contributed by atoms with Crippen molar-refractivity contribution in [2.75, 3.05) is 11.1 Å². The van der Waals surface area contributed by atoms with Gasteiger partial charge in [0.1, 0.15) is 5.52 Å². The van der Waals surface area contributed by atoms with Crippen LogP contribution in [0, 0.1) is 0 Å². The molecule has 5 nitrogen and oxygen atoms in total. The van der Waals surface area contributed by atoms with Gasteiger partial charge in [0.15, 0.2) is 0 Å². The first kappa shape index (κ1) is 11.3. The van der Waals surface area contributed by atoms with E-state index in [1.165, 1.54) is 0 Å². The van der Waals surface area contributed by atoms with E-state index >= 15 is 0 Å².